The number of esters is 2. The molecule has 0 N–H and O–H groups in total. The predicted molar refractivity (Wildman–Crippen MR) is 110 cm³/mol. The van der Waals surface area contributed by atoms with Gasteiger partial charge in [0, 0.05) is 5.92 Å². The summed E-state index contributed by atoms with van der Waals surface area (Å²) in [6.45, 7) is 5.67. The molecule has 6 aliphatic carbocycles. The highest BCUT2D eigenvalue weighted by Crippen LogP contribution is 2.60. The van der Waals surface area contributed by atoms with Crippen molar-refractivity contribution in [3.63, 3.8) is 0 Å². The van der Waals surface area contributed by atoms with Crippen LogP contribution in [0.1, 0.15) is 78.6 Å². The fraction of sp³-hybridized carbons (Fsp3) is 0.840. The van der Waals surface area contributed by atoms with E-state index in [0.29, 0.717) is 29.6 Å². The van der Waals surface area contributed by atoms with Crippen molar-refractivity contribution in [3.05, 3.63) is 12.2 Å². The van der Waals surface area contributed by atoms with Crippen molar-refractivity contribution in [1.29, 1.82) is 0 Å². The third kappa shape index (κ3) is 3.77. The number of allylic oxidation sites excluding steroid dienone is 2. The van der Waals surface area contributed by atoms with Gasteiger partial charge in [-0.25, -0.2) is 0 Å². The molecule has 0 radical (unpaired) electrons. The maximum absolute atomic E-state index is 13.5. The largest absolute Gasteiger partial charge is 0.461 e. The fourth-order valence-corrected chi connectivity index (χ4v) is 7.70. The number of carbonyl (C=O) groups is 2. The van der Waals surface area contributed by atoms with Gasteiger partial charge in [-0.2, -0.15) is 0 Å². The standard InChI is InChI=1S/C25H36O4/c1-24(2,3)29-22(26)11-21(20-10-15-4-5-19(20)9-15)28-23(27)25-12-16-6-17(13-25)8-18(7-16)14-25/h4-5,15-21H,6-14H2,1-3H3. The molecule has 5 fully saturated rings. The van der Waals surface area contributed by atoms with Crippen LogP contribution in [0.4, 0.5) is 0 Å². The van der Waals surface area contributed by atoms with Crippen molar-refractivity contribution >= 4 is 11.9 Å². The monoisotopic (exact) mass is 400 g/mol. The van der Waals surface area contributed by atoms with E-state index < -0.39 is 5.60 Å². The van der Waals surface area contributed by atoms with Crippen molar-refractivity contribution in [2.75, 3.05) is 0 Å². The minimum Gasteiger partial charge on any atom is -0.461 e. The van der Waals surface area contributed by atoms with E-state index in [2.05, 4.69) is 12.2 Å². The zero-order chi connectivity index (χ0) is 20.4. The zero-order valence-corrected chi connectivity index (χ0v) is 18.2. The number of carbonyl (C=O) groups excluding carboxylic acids is 2. The summed E-state index contributed by atoms with van der Waals surface area (Å²) < 4.78 is 11.9. The predicted octanol–water partition coefficient (Wildman–Crippen LogP) is 5.06. The van der Waals surface area contributed by atoms with E-state index in [-0.39, 0.29) is 35.8 Å². The van der Waals surface area contributed by atoms with Crippen molar-refractivity contribution in [2.45, 2.75) is 90.3 Å². The van der Waals surface area contributed by atoms with Gasteiger partial charge in [0.1, 0.15) is 11.7 Å². The van der Waals surface area contributed by atoms with E-state index in [1.165, 1.54) is 19.3 Å². The summed E-state index contributed by atoms with van der Waals surface area (Å²) in [7, 11) is 0. The minimum absolute atomic E-state index is 0.00286. The lowest BCUT2D eigenvalue weighted by Crippen LogP contribution is -2.51. The molecule has 6 aliphatic rings. The first-order chi connectivity index (χ1) is 13.7. The number of hydrogen-bond acceptors (Lipinski definition) is 4. The van der Waals surface area contributed by atoms with Crippen LogP contribution in [0.15, 0.2) is 12.2 Å². The Morgan fingerprint density at radius 1 is 0.966 bits per heavy atom. The van der Waals surface area contributed by atoms with E-state index in [1.54, 1.807) is 0 Å². The maximum atomic E-state index is 13.5. The highest BCUT2D eigenvalue weighted by atomic mass is 16.6. The quantitative estimate of drug-likeness (QED) is 0.478. The number of ether oxygens (including phenoxy) is 2. The Hall–Kier alpha value is -1.32. The van der Waals surface area contributed by atoms with Crippen LogP contribution in [0.25, 0.3) is 0 Å². The first-order valence-corrected chi connectivity index (χ1v) is 11.8. The van der Waals surface area contributed by atoms with Crippen LogP contribution in [0.2, 0.25) is 0 Å². The molecule has 0 aromatic heterocycles. The second-order valence-corrected chi connectivity index (χ2v) is 11.9. The third-order valence-electron chi connectivity index (χ3n) is 8.33. The lowest BCUT2D eigenvalue weighted by atomic mass is 9.49. The first-order valence-electron chi connectivity index (χ1n) is 11.8. The van der Waals surface area contributed by atoms with E-state index in [0.717, 1.165) is 32.1 Å². The Kier molecular flexibility index (Phi) is 4.64. The Bertz CT molecular complexity index is 680. The second kappa shape index (κ2) is 6.85. The molecule has 6 bridgehead atoms. The smallest absolute Gasteiger partial charge is 0.312 e. The Balaban J connectivity index is 1.32. The molecule has 4 atom stereocenters. The van der Waals surface area contributed by atoms with Gasteiger partial charge in [0.05, 0.1) is 11.8 Å². The average molecular weight is 401 g/mol. The van der Waals surface area contributed by atoms with Gasteiger partial charge in [-0.15, -0.1) is 0 Å². The first kappa shape index (κ1) is 19.6. The van der Waals surface area contributed by atoms with Crippen LogP contribution in [0.3, 0.4) is 0 Å². The molecule has 0 amide bonds. The molecular formula is C25H36O4. The summed E-state index contributed by atoms with van der Waals surface area (Å²) in [5.74, 6) is 3.18. The topological polar surface area (TPSA) is 52.6 Å². The molecule has 0 aromatic rings. The molecule has 0 aromatic carbocycles. The summed E-state index contributed by atoms with van der Waals surface area (Å²) >= 11 is 0. The maximum Gasteiger partial charge on any atom is 0.312 e. The van der Waals surface area contributed by atoms with E-state index >= 15 is 0 Å². The molecule has 6 rings (SSSR count). The summed E-state index contributed by atoms with van der Waals surface area (Å²) in [5.41, 5.74) is -0.783. The second-order valence-electron chi connectivity index (χ2n) is 11.9. The van der Waals surface area contributed by atoms with Crippen LogP contribution in [-0.2, 0) is 19.1 Å². The number of fused-ring (bicyclic) bond motifs is 2. The van der Waals surface area contributed by atoms with E-state index in [1.807, 2.05) is 20.8 Å². The Labute approximate surface area is 174 Å². The summed E-state index contributed by atoms with van der Waals surface area (Å²) in [4.78, 5) is 26.2. The average Bonchev–Trinajstić information content (AvgIpc) is 3.21. The van der Waals surface area contributed by atoms with Gasteiger partial charge < -0.3 is 9.47 Å². The zero-order valence-electron chi connectivity index (χ0n) is 18.2. The highest BCUT2D eigenvalue weighted by Gasteiger charge is 2.56. The SMILES string of the molecule is CC(C)(C)OC(=O)CC(OC(=O)C12CC3CC(CC(C3)C1)C2)C1CC2C=CC1C2. The van der Waals surface area contributed by atoms with E-state index in [4.69, 9.17) is 9.47 Å². The molecule has 0 aliphatic heterocycles. The molecule has 0 heterocycles. The lowest BCUT2D eigenvalue weighted by molar-refractivity contribution is -0.183. The van der Waals surface area contributed by atoms with Gasteiger partial charge in [-0.05, 0) is 102 Å². The van der Waals surface area contributed by atoms with Gasteiger partial charge in [-0.3, -0.25) is 9.59 Å². The third-order valence-corrected chi connectivity index (χ3v) is 8.33. The van der Waals surface area contributed by atoms with E-state index in [9.17, 15) is 9.59 Å². The molecule has 4 unspecified atom stereocenters. The molecule has 160 valence electrons. The molecule has 0 spiro atoms. The van der Waals surface area contributed by atoms with Crippen LogP contribution in [-0.4, -0.2) is 23.6 Å². The fourth-order valence-electron chi connectivity index (χ4n) is 7.70. The lowest BCUT2D eigenvalue weighted by Gasteiger charge is -2.55. The summed E-state index contributed by atoms with van der Waals surface area (Å²) in [6.07, 6.45) is 13.6. The van der Waals surface area contributed by atoms with Gasteiger partial charge in [0.2, 0.25) is 0 Å². The van der Waals surface area contributed by atoms with Crippen LogP contribution in [0, 0.1) is 40.9 Å². The van der Waals surface area contributed by atoms with Crippen molar-refractivity contribution in [1.82, 2.24) is 0 Å². The summed E-state index contributed by atoms with van der Waals surface area (Å²) in [5, 5.41) is 0. The van der Waals surface area contributed by atoms with Crippen LogP contribution < -0.4 is 0 Å². The minimum atomic E-state index is -0.514. The molecule has 5 saturated carbocycles. The number of rotatable bonds is 5. The summed E-state index contributed by atoms with van der Waals surface area (Å²) in [6, 6.07) is 0. The van der Waals surface area contributed by atoms with Crippen LogP contribution >= 0.6 is 0 Å². The Morgan fingerprint density at radius 3 is 2.07 bits per heavy atom. The van der Waals surface area contributed by atoms with Crippen molar-refractivity contribution < 1.29 is 19.1 Å². The molecule has 4 heteroatoms. The van der Waals surface area contributed by atoms with Gasteiger partial charge in [-0.1, -0.05) is 12.2 Å². The van der Waals surface area contributed by atoms with Gasteiger partial charge >= 0.3 is 11.9 Å². The highest BCUT2D eigenvalue weighted by molar-refractivity contribution is 5.78. The molecule has 4 nitrogen and oxygen atoms in total. The molecular weight excluding hydrogens is 364 g/mol. The van der Waals surface area contributed by atoms with Gasteiger partial charge in [0.25, 0.3) is 0 Å². The Morgan fingerprint density at radius 2 is 1.59 bits per heavy atom. The van der Waals surface area contributed by atoms with Crippen molar-refractivity contribution in [3.8, 4) is 0 Å². The van der Waals surface area contributed by atoms with Crippen molar-refractivity contribution in [2.24, 2.45) is 40.9 Å². The van der Waals surface area contributed by atoms with Crippen LogP contribution in [0.5, 0.6) is 0 Å². The normalized spacial score (nSPS) is 42.9. The number of hydrogen-bond donors (Lipinski definition) is 0. The molecule has 29 heavy (non-hydrogen) atoms. The van der Waals surface area contributed by atoms with Gasteiger partial charge in [0.15, 0.2) is 0 Å². The molecule has 0 saturated heterocycles.